The van der Waals surface area contributed by atoms with Gasteiger partial charge in [-0.15, -0.1) is 0 Å². The van der Waals surface area contributed by atoms with Crippen LogP contribution in [0.3, 0.4) is 0 Å². The molecule has 0 spiro atoms. The summed E-state index contributed by atoms with van der Waals surface area (Å²) in [4.78, 5) is 24.0. The number of rotatable bonds is 11. The first-order valence-corrected chi connectivity index (χ1v) is 9.65. The van der Waals surface area contributed by atoms with Crippen molar-refractivity contribution in [2.24, 2.45) is 0 Å². The van der Waals surface area contributed by atoms with Crippen LogP contribution >= 0.6 is 0 Å². The summed E-state index contributed by atoms with van der Waals surface area (Å²) >= 11 is 0. The second-order valence-electron chi connectivity index (χ2n) is 6.60. The lowest BCUT2D eigenvalue weighted by molar-refractivity contribution is -0.121. The molecule has 0 aliphatic heterocycles. The number of ether oxygens (including phenoxy) is 1. The predicted molar refractivity (Wildman–Crippen MR) is 108 cm³/mol. The Labute approximate surface area is 161 Å². The van der Waals surface area contributed by atoms with Crippen molar-refractivity contribution in [3.8, 4) is 0 Å². The summed E-state index contributed by atoms with van der Waals surface area (Å²) in [5, 5.41) is 2.85. The number of Topliss-reactive ketones (excluding diaryl/α,β-unsaturated/α-hetero) is 1. The van der Waals surface area contributed by atoms with Crippen LogP contribution in [0.5, 0.6) is 0 Å². The molecule has 0 aromatic heterocycles. The van der Waals surface area contributed by atoms with Crippen molar-refractivity contribution in [3.63, 3.8) is 0 Å². The van der Waals surface area contributed by atoms with E-state index in [1.165, 1.54) is 5.56 Å². The number of benzene rings is 2. The van der Waals surface area contributed by atoms with E-state index in [2.05, 4.69) is 12.2 Å². The van der Waals surface area contributed by atoms with Gasteiger partial charge in [-0.2, -0.15) is 0 Å². The molecule has 2 rings (SSSR count). The molecule has 0 radical (unpaired) electrons. The van der Waals surface area contributed by atoms with Gasteiger partial charge in [0.05, 0.1) is 6.10 Å². The fourth-order valence-corrected chi connectivity index (χ4v) is 2.77. The van der Waals surface area contributed by atoms with Crippen LogP contribution in [0.25, 0.3) is 0 Å². The second-order valence-corrected chi connectivity index (χ2v) is 6.60. The van der Waals surface area contributed by atoms with E-state index in [1.54, 1.807) is 0 Å². The Kier molecular flexibility index (Phi) is 8.72. The number of hydrogen-bond donors (Lipinski definition) is 1. The third-order valence-electron chi connectivity index (χ3n) is 4.54. The van der Waals surface area contributed by atoms with E-state index in [1.807, 2.05) is 61.5 Å². The lowest BCUT2D eigenvalue weighted by Gasteiger charge is -2.13. The molecule has 4 nitrogen and oxygen atoms in total. The smallest absolute Gasteiger partial charge is 0.220 e. The van der Waals surface area contributed by atoms with Gasteiger partial charge in [-0.3, -0.25) is 9.59 Å². The van der Waals surface area contributed by atoms with Gasteiger partial charge in [0.25, 0.3) is 0 Å². The maximum Gasteiger partial charge on any atom is 0.220 e. The van der Waals surface area contributed by atoms with Gasteiger partial charge in [-0.1, -0.05) is 61.5 Å². The summed E-state index contributed by atoms with van der Waals surface area (Å²) < 4.78 is 5.78. The van der Waals surface area contributed by atoms with Gasteiger partial charge in [-0.05, 0) is 30.9 Å². The zero-order valence-electron chi connectivity index (χ0n) is 16.2. The molecule has 0 aliphatic carbocycles. The van der Waals surface area contributed by atoms with Gasteiger partial charge >= 0.3 is 0 Å². The number of carbonyl (C=O) groups is 2. The lowest BCUT2D eigenvalue weighted by Crippen LogP contribution is -2.25. The number of nitrogens with one attached hydrogen (secondary N) is 1. The molecular weight excluding hydrogens is 338 g/mol. The molecule has 0 saturated heterocycles. The molecular formula is C23H29NO3. The highest BCUT2D eigenvalue weighted by Gasteiger charge is 2.09. The van der Waals surface area contributed by atoms with Crippen LogP contribution in [0.4, 0.5) is 0 Å². The maximum atomic E-state index is 12.1. The zero-order valence-corrected chi connectivity index (χ0v) is 16.2. The van der Waals surface area contributed by atoms with Crippen LogP contribution in [0, 0.1) is 0 Å². The van der Waals surface area contributed by atoms with E-state index in [-0.39, 0.29) is 30.6 Å². The zero-order chi connectivity index (χ0) is 19.5. The largest absolute Gasteiger partial charge is 0.374 e. The lowest BCUT2D eigenvalue weighted by atomic mass is 10.0. The van der Waals surface area contributed by atoms with Gasteiger partial charge in [0.1, 0.15) is 0 Å². The van der Waals surface area contributed by atoms with E-state index >= 15 is 0 Å². The fraction of sp³-hybridized carbons (Fsp3) is 0.391. The Bertz CT molecular complexity index is 710. The Morgan fingerprint density at radius 2 is 1.70 bits per heavy atom. The summed E-state index contributed by atoms with van der Waals surface area (Å²) in [6.45, 7) is 5.24. The van der Waals surface area contributed by atoms with Crippen molar-refractivity contribution in [2.75, 3.05) is 13.2 Å². The second kappa shape index (κ2) is 11.3. The highest BCUT2D eigenvalue weighted by molar-refractivity contribution is 5.97. The molecule has 27 heavy (non-hydrogen) atoms. The molecule has 0 saturated carbocycles. The highest BCUT2D eigenvalue weighted by Crippen LogP contribution is 2.15. The molecule has 2 aromatic carbocycles. The molecule has 1 unspecified atom stereocenters. The van der Waals surface area contributed by atoms with Gasteiger partial charge in [0.15, 0.2) is 5.78 Å². The number of amides is 1. The topological polar surface area (TPSA) is 55.4 Å². The summed E-state index contributed by atoms with van der Waals surface area (Å²) in [5.41, 5.74) is 3.02. The molecule has 1 atom stereocenters. The quantitative estimate of drug-likeness (QED) is 0.470. The third-order valence-corrected chi connectivity index (χ3v) is 4.54. The van der Waals surface area contributed by atoms with E-state index in [0.717, 1.165) is 18.4 Å². The molecule has 0 aliphatic rings. The normalized spacial score (nSPS) is 11.8. The number of aryl methyl sites for hydroxylation is 1. The molecule has 1 N–H and O–H groups in total. The van der Waals surface area contributed by atoms with Crippen molar-refractivity contribution in [3.05, 3.63) is 71.3 Å². The van der Waals surface area contributed by atoms with Gasteiger partial charge in [0.2, 0.25) is 5.91 Å². The highest BCUT2D eigenvalue weighted by atomic mass is 16.5. The Morgan fingerprint density at radius 1 is 1.00 bits per heavy atom. The van der Waals surface area contributed by atoms with Crippen LogP contribution in [0.15, 0.2) is 54.6 Å². The van der Waals surface area contributed by atoms with Crippen molar-refractivity contribution >= 4 is 11.7 Å². The van der Waals surface area contributed by atoms with E-state index < -0.39 is 0 Å². The van der Waals surface area contributed by atoms with Crippen LogP contribution in [-0.2, 0) is 16.0 Å². The minimum Gasteiger partial charge on any atom is -0.374 e. The number of carbonyl (C=O) groups excluding carboxylic acids is 2. The first-order valence-electron chi connectivity index (χ1n) is 9.65. The average molecular weight is 367 g/mol. The van der Waals surface area contributed by atoms with Crippen LogP contribution < -0.4 is 5.32 Å². The predicted octanol–water partition coefficient (Wildman–Crippen LogP) is 4.50. The average Bonchev–Trinajstić information content (AvgIpc) is 2.72. The summed E-state index contributed by atoms with van der Waals surface area (Å²) in [5.74, 6) is -0.0857. The van der Waals surface area contributed by atoms with Gasteiger partial charge in [-0.25, -0.2) is 0 Å². The SMILES string of the molecule is CCc1ccc(C(=O)CCC(=O)NCCCOC(C)c2ccccc2)cc1. The first kappa shape index (κ1) is 20.8. The van der Waals surface area contributed by atoms with E-state index in [0.29, 0.717) is 18.7 Å². The fourth-order valence-electron chi connectivity index (χ4n) is 2.77. The molecule has 0 heterocycles. The standard InChI is InChI=1S/C23H29NO3/c1-3-19-10-12-21(13-11-19)22(25)14-15-23(26)24-16-7-17-27-18(2)20-8-5-4-6-9-20/h4-6,8-13,18H,3,7,14-17H2,1-2H3,(H,24,26). The Hall–Kier alpha value is -2.46. The van der Waals surface area contributed by atoms with Crippen LogP contribution in [-0.4, -0.2) is 24.8 Å². The van der Waals surface area contributed by atoms with Crippen molar-refractivity contribution in [2.45, 2.75) is 45.6 Å². The van der Waals surface area contributed by atoms with Gasteiger partial charge < -0.3 is 10.1 Å². The van der Waals surface area contributed by atoms with Crippen LogP contribution in [0.2, 0.25) is 0 Å². The Balaban J connectivity index is 1.58. The van der Waals surface area contributed by atoms with Crippen molar-refractivity contribution in [1.29, 1.82) is 0 Å². The van der Waals surface area contributed by atoms with Crippen molar-refractivity contribution in [1.82, 2.24) is 5.32 Å². The number of hydrogen-bond acceptors (Lipinski definition) is 3. The maximum absolute atomic E-state index is 12.1. The molecule has 2 aromatic rings. The van der Waals surface area contributed by atoms with Crippen LogP contribution in [0.1, 0.15) is 60.7 Å². The summed E-state index contributed by atoms with van der Waals surface area (Å²) in [7, 11) is 0. The molecule has 144 valence electrons. The molecule has 1 amide bonds. The monoisotopic (exact) mass is 367 g/mol. The third kappa shape index (κ3) is 7.35. The Morgan fingerprint density at radius 3 is 2.37 bits per heavy atom. The minimum absolute atomic E-state index is 0.00724. The molecule has 4 heteroatoms. The van der Waals surface area contributed by atoms with Gasteiger partial charge in [0, 0.05) is 31.6 Å². The summed E-state index contributed by atoms with van der Waals surface area (Å²) in [6, 6.07) is 17.7. The molecule has 0 bridgehead atoms. The van der Waals surface area contributed by atoms with E-state index in [9.17, 15) is 9.59 Å². The van der Waals surface area contributed by atoms with Crippen molar-refractivity contribution < 1.29 is 14.3 Å². The number of ketones is 1. The first-order chi connectivity index (χ1) is 13.1. The molecule has 0 fully saturated rings. The minimum atomic E-state index is -0.0929. The van der Waals surface area contributed by atoms with E-state index in [4.69, 9.17) is 4.74 Å². The summed E-state index contributed by atoms with van der Waals surface area (Å²) in [6.07, 6.45) is 2.19.